The Morgan fingerprint density at radius 3 is 2.70 bits per heavy atom. The van der Waals surface area contributed by atoms with Gasteiger partial charge in [0, 0.05) is 18.4 Å². The van der Waals surface area contributed by atoms with E-state index in [0.717, 1.165) is 17.3 Å². The second-order valence-electron chi connectivity index (χ2n) is 5.34. The molecule has 110 valence electrons. The van der Waals surface area contributed by atoms with Crippen LogP contribution >= 0.6 is 15.9 Å². The first kappa shape index (κ1) is 15.5. The average Bonchev–Trinajstić information content (AvgIpc) is 2.48. The summed E-state index contributed by atoms with van der Waals surface area (Å²) >= 11 is 3.45. The fraction of sp³-hybridized carbons (Fsp3) is 0.562. The van der Waals surface area contributed by atoms with Crippen molar-refractivity contribution < 1.29 is 9.53 Å². The molecule has 3 unspecified atom stereocenters. The number of benzene rings is 1. The number of carbonyl (C=O) groups excluding carboxylic acids is 1. The molecule has 1 aromatic rings. The molecule has 1 aromatic carbocycles. The molecule has 0 bridgehead atoms. The third kappa shape index (κ3) is 3.61. The maximum Gasteiger partial charge on any atom is 0.230 e. The van der Waals surface area contributed by atoms with Crippen LogP contribution in [0.25, 0.3) is 0 Å². The van der Waals surface area contributed by atoms with Crippen molar-refractivity contribution in [3.8, 4) is 0 Å². The molecule has 3 atom stereocenters. The first-order valence-corrected chi connectivity index (χ1v) is 8.33. The van der Waals surface area contributed by atoms with Gasteiger partial charge in [-0.05, 0) is 18.9 Å². The Bertz CT molecular complexity index is 437. The van der Waals surface area contributed by atoms with Crippen LogP contribution in [0, 0.1) is 0 Å². The van der Waals surface area contributed by atoms with Gasteiger partial charge in [0.15, 0.2) is 0 Å². The van der Waals surface area contributed by atoms with E-state index in [1.165, 1.54) is 0 Å². The number of morpholine rings is 1. The fourth-order valence-corrected chi connectivity index (χ4v) is 3.13. The quantitative estimate of drug-likeness (QED) is 0.788. The predicted molar refractivity (Wildman–Crippen MR) is 84.2 cm³/mol. The highest BCUT2D eigenvalue weighted by Gasteiger charge is 2.31. The molecule has 1 aliphatic rings. The molecule has 2 rings (SSSR count). The van der Waals surface area contributed by atoms with Crippen molar-refractivity contribution in [2.75, 3.05) is 18.4 Å². The number of rotatable bonds is 4. The molecule has 0 saturated carbocycles. The van der Waals surface area contributed by atoms with Crippen LogP contribution in [0.1, 0.15) is 31.7 Å². The number of halogens is 1. The van der Waals surface area contributed by atoms with Gasteiger partial charge in [-0.25, -0.2) is 0 Å². The van der Waals surface area contributed by atoms with Gasteiger partial charge in [0.2, 0.25) is 5.91 Å². The Morgan fingerprint density at radius 1 is 1.40 bits per heavy atom. The Morgan fingerprint density at radius 2 is 2.10 bits per heavy atom. The summed E-state index contributed by atoms with van der Waals surface area (Å²) in [6.07, 6.45) is 1.02. The number of hydrogen-bond acceptors (Lipinski definition) is 2. The maximum atomic E-state index is 12.8. The van der Waals surface area contributed by atoms with Crippen LogP contribution in [-0.4, -0.2) is 41.4 Å². The predicted octanol–water partition coefficient (Wildman–Crippen LogP) is 3.19. The third-order valence-electron chi connectivity index (χ3n) is 3.72. The molecule has 1 heterocycles. The van der Waals surface area contributed by atoms with Crippen molar-refractivity contribution >= 4 is 21.8 Å². The summed E-state index contributed by atoms with van der Waals surface area (Å²) in [4.78, 5) is 14.8. The van der Waals surface area contributed by atoms with Crippen molar-refractivity contribution in [1.29, 1.82) is 0 Å². The molecule has 1 aliphatic heterocycles. The number of alkyl halides is 1. The second kappa shape index (κ2) is 7.23. The molecule has 0 N–H and O–H groups in total. The van der Waals surface area contributed by atoms with Gasteiger partial charge < -0.3 is 9.64 Å². The average molecular weight is 340 g/mol. The smallest absolute Gasteiger partial charge is 0.230 e. The molecular weight excluding hydrogens is 318 g/mol. The summed E-state index contributed by atoms with van der Waals surface area (Å²) in [5.74, 6) is 0.178. The van der Waals surface area contributed by atoms with Crippen molar-refractivity contribution in [3.63, 3.8) is 0 Å². The number of nitrogens with zero attached hydrogens (tertiary/aromatic N) is 1. The monoisotopic (exact) mass is 339 g/mol. The van der Waals surface area contributed by atoms with E-state index < -0.39 is 0 Å². The van der Waals surface area contributed by atoms with E-state index in [1.807, 2.05) is 42.2 Å². The lowest BCUT2D eigenvalue weighted by Gasteiger charge is -2.37. The van der Waals surface area contributed by atoms with Gasteiger partial charge in [-0.15, -0.1) is 0 Å². The van der Waals surface area contributed by atoms with Crippen molar-refractivity contribution in [2.24, 2.45) is 0 Å². The summed E-state index contributed by atoms with van der Waals surface area (Å²) < 4.78 is 5.79. The van der Waals surface area contributed by atoms with E-state index in [1.54, 1.807) is 0 Å². The van der Waals surface area contributed by atoms with Crippen LogP contribution in [0.4, 0.5) is 0 Å². The van der Waals surface area contributed by atoms with Gasteiger partial charge in [-0.3, -0.25) is 4.79 Å². The third-order valence-corrected chi connectivity index (χ3v) is 4.44. The normalized spacial score (nSPS) is 24.4. The minimum atomic E-state index is -0.0440. The SMILES string of the molecule is CCC(C(=O)N1CC(C)OC(CBr)C1)c1ccccc1. The van der Waals surface area contributed by atoms with Crippen molar-refractivity contribution in [1.82, 2.24) is 4.90 Å². The molecule has 0 aliphatic carbocycles. The summed E-state index contributed by atoms with van der Waals surface area (Å²) in [6, 6.07) is 10.1. The molecule has 20 heavy (non-hydrogen) atoms. The number of ether oxygens (including phenoxy) is 1. The summed E-state index contributed by atoms with van der Waals surface area (Å²) in [6.45, 7) is 5.46. The van der Waals surface area contributed by atoms with E-state index in [0.29, 0.717) is 13.1 Å². The minimum absolute atomic E-state index is 0.0440. The zero-order valence-electron chi connectivity index (χ0n) is 12.1. The van der Waals surface area contributed by atoms with Crippen LogP contribution in [0.2, 0.25) is 0 Å². The van der Waals surface area contributed by atoms with E-state index in [9.17, 15) is 4.79 Å². The lowest BCUT2D eigenvalue weighted by molar-refractivity contribution is -0.144. The first-order valence-electron chi connectivity index (χ1n) is 7.20. The summed E-state index contributed by atoms with van der Waals surface area (Å²) in [5, 5.41) is 0.767. The molecule has 0 radical (unpaired) electrons. The number of carbonyl (C=O) groups is 1. The van der Waals surface area contributed by atoms with Crippen molar-refractivity contribution in [2.45, 2.75) is 38.4 Å². The highest BCUT2D eigenvalue weighted by molar-refractivity contribution is 9.09. The van der Waals surface area contributed by atoms with Crippen LogP contribution in [-0.2, 0) is 9.53 Å². The summed E-state index contributed by atoms with van der Waals surface area (Å²) in [7, 11) is 0. The number of hydrogen-bond donors (Lipinski definition) is 0. The molecule has 0 spiro atoms. The van der Waals surface area contributed by atoms with E-state index in [-0.39, 0.29) is 24.0 Å². The topological polar surface area (TPSA) is 29.5 Å². The van der Waals surface area contributed by atoms with E-state index >= 15 is 0 Å². The maximum absolute atomic E-state index is 12.8. The molecule has 0 aromatic heterocycles. The van der Waals surface area contributed by atoms with E-state index in [2.05, 4.69) is 22.9 Å². The zero-order valence-corrected chi connectivity index (χ0v) is 13.7. The van der Waals surface area contributed by atoms with Gasteiger partial charge in [0.05, 0.1) is 18.1 Å². The second-order valence-corrected chi connectivity index (χ2v) is 5.99. The highest BCUT2D eigenvalue weighted by Crippen LogP contribution is 2.24. The molecule has 4 heteroatoms. The lowest BCUT2D eigenvalue weighted by Crippen LogP contribution is -2.51. The Balaban J connectivity index is 2.12. The number of amides is 1. The zero-order chi connectivity index (χ0) is 14.5. The van der Waals surface area contributed by atoms with E-state index in [4.69, 9.17) is 4.74 Å². The van der Waals surface area contributed by atoms with Gasteiger partial charge in [0.25, 0.3) is 0 Å². The van der Waals surface area contributed by atoms with Crippen LogP contribution in [0.5, 0.6) is 0 Å². The van der Waals surface area contributed by atoms with Gasteiger partial charge >= 0.3 is 0 Å². The highest BCUT2D eigenvalue weighted by atomic mass is 79.9. The summed E-state index contributed by atoms with van der Waals surface area (Å²) in [5.41, 5.74) is 1.11. The molecule has 3 nitrogen and oxygen atoms in total. The Kier molecular flexibility index (Phi) is 5.61. The lowest BCUT2D eigenvalue weighted by atomic mass is 9.94. The van der Waals surface area contributed by atoms with Gasteiger partial charge in [0.1, 0.15) is 0 Å². The van der Waals surface area contributed by atoms with Crippen LogP contribution in [0.15, 0.2) is 30.3 Å². The van der Waals surface area contributed by atoms with Crippen LogP contribution < -0.4 is 0 Å². The largest absolute Gasteiger partial charge is 0.371 e. The molecule has 1 fully saturated rings. The fourth-order valence-electron chi connectivity index (χ4n) is 2.77. The molecular formula is C16H22BrNO2. The van der Waals surface area contributed by atoms with Crippen molar-refractivity contribution in [3.05, 3.63) is 35.9 Å². The van der Waals surface area contributed by atoms with Gasteiger partial charge in [-0.1, -0.05) is 53.2 Å². The Hall–Kier alpha value is -0.870. The minimum Gasteiger partial charge on any atom is -0.371 e. The van der Waals surface area contributed by atoms with Gasteiger partial charge in [-0.2, -0.15) is 0 Å². The first-order chi connectivity index (χ1) is 9.65. The van der Waals surface area contributed by atoms with Crippen LogP contribution in [0.3, 0.4) is 0 Å². The Labute approximate surface area is 129 Å². The standard InChI is InChI=1S/C16H22BrNO2/c1-3-15(13-7-5-4-6-8-13)16(19)18-10-12(2)20-14(9-17)11-18/h4-8,12,14-15H,3,9-11H2,1-2H3. The molecule has 1 amide bonds. The molecule has 1 saturated heterocycles.